The maximum atomic E-state index is 4.25. The SMILES string of the molecule is CCCNC1=NC(S)=CCC1. The Bertz CT molecular complexity index is 185. The number of hydrogen-bond donors (Lipinski definition) is 2. The molecule has 2 nitrogen and oxygen atoms in total. The molecule has 62 valence electrons. The van der Waals surface area contributed by atoms with E-state index in [4.69, 9.17) is 0 Å². The van der Waals surface area contributed by atoms with Gasteiger partial charge in [-0.2, -0.15) is 0 Å². The summed E-state index contributed by atoms with van der Waals surface area (Å²) < 4.78 is 0. The summed E-state index contributed by atoms with van der Waals surface area (Å²) >= 11 is 4.18. The fraction of sp³-hybridized carbons (Fsp3) is 0.625. The first-order valence-electron chi connectivity index (χ1n) is 4.03. The van der Waals surface area contributed by atoms with Crippen molar-refractivity contribution in [2.24, 2.45) is 4.99 Å². The topological polar surface area (TPSA) is 24.4 Å². The number of allylic oxidation sites excluding steroid dienone is 1. The largest absolute Gasteiger partial charge is 0.373 e. The lowest BCUT2D eigenvalue weighted by Crippen LogP contribution is -2.24. The van der Waals surface area contributed by atoms with Crippen molar-refractivity contribution in [3.63, 3.8) is 0 Å². The first-order chi connectivity index (χ1) is 5.33. The molecule has 1 rings (SSSR count). The van der Waals surface area contributed by atoms with E-state index in [1.165, 1.54) is 0 Å². The molecule has 0 atom stereocenters. The first kappa shape index (κ1) is 8.65. The predicted octanol–water partition coefficient (Wildman–Crippen LogP) is 1.95. The Kier molecular flexibility index (Phi) is 3.49. The molecule has 0 spiro atoms. The molecule has 1 heterocycles. The highest BCUT2D eigenvalue weighted by molar-refractivity contribution is 7.84. The minimum atomic E-state index is 0.842. The van der Waals surface area contributed by atoms with Crippen molar-refractivity contribution in [3.05, 3.63) is 11.1 Å². The lowest BCUT2D eigenvalue weighted by Gasteiger charge is -2.11. The van der Waals surface area contributed by atoms with E-state index in [0.29, 0.717) is 0 Å². The van der Waals surface area contributed by atoms with Crippen LogP contribution in [0.2, 0.25) is 0 Å². The summed E-state index contributed by atoms with van der Waals surface area (Å²) in [7, 11) is 0. The third-order valence-electron chi connectivity index (χ3n) is 1.54. The van der Waals surface area contributed by atoms with Gasteiger partial charge in [-0.25, -0.2) is 4.99 Å². The molecule has 1 N–H and O–H groups in total. The van der Waals surface area contributed by atoms with Gasteiger partial charge >= 0.3 is 0 Å². The zero-order valence-electron chi connectivity index (χ0n) is 6.80. The maximum absolute atomic E-state index is 4.25. The molecule has 0 radical (unpaired) electrons. The molecule has 0 aliphatic carbocycles. The third kappa shape index (κ3) is 2.97. The molecular weight excluding hydrogens is 156 g/mol. The lowest BCUT2D eigenvalue weighted by molar-refractivity contribution is 0.813. The van der Waals surface area contributed by atoms with Crippen molar-refractivity contribution in [1.29, 1.82) is 0 Å². The zero-order chi connectivity index (χ0) is 8.10. The number of nitrogens with zero attached hydrogens (tertiary/aromatic N) is 1. The Morgan fingerprint density at radius 3 is 3.18 bits per heavy atom. The minimum absolute atomic E-state index is 0.842. The quantitative estimate of drug-likeness (QED) is 0.608. The van der Waals surface area contributed by atoms with E-state index < -0.39 is 0 Å². The Morgan fingerprint density at radius 2 is 2.55 bits per heavy atom. The molecule has 0 aromatic heterocycles. The van der Waals surface area contributed by atoms with Crippen molar-refractivity contribution in [1.82, 2.24) is 5.32 Å². The monoisotopic (exact) mass is 170 g/mol. The predicted molar refractivity (Wildman–Crippen MR) is 52.0 cm³/mol. The Morgan fingerprint density at radius 1 is 1.73 bits per heavy atom. The van der Waals surface area contributed by atoms with Gasteiger partial charge in [-0.3, -0.25) is 0 Å². The van der Waals surface area contributed by atoms with Crippen molar-refractivity contribution < 1.29 is 0 Å². The maximum Gasteiger partial charge on any atom is 0.103 e. The molecule has 0 amide bonds. The van der Waals surface area contributed by atoms with Crippen LogP contribution >= 0.6 is 12.6 Å². The summed E-state index contributed by atoms with van der Waals surface area (Å²) in [5.41, 5.74) is 0. The molecule has 0 aromatic rings. The average molecular weight is 170 g/mol. The first-order valence-corrected chi connectivity index (χ1v) is 4.48. The van der Waals surface area contributed by atoms with Crippen molar-refractivity contribution in [3.8, 4) is 0 Å². The summed E-state index contributed by atoms with van der Waals surface area (Å²) in [4.78, 5) is 4.25. The second-order valence-electron chi connectivity index (χ2n) is 2.59. The van der Waals surface area contributed by atoms with E-state index >= 15 is 0 Å². The summed E-state index contributed by atoms with van der Waals surface area (Å²) in [5.74, 6) is 1.08. The van der Waals surface area contributed by atoms with Crippen LogP contribution in [0, 0.1) is 0 Å². The molecule has 3 heteroatoms. The third-order valence-corrected chi connectivity index (χ3v) is 1.82. The molecule has 1 aliphatic rings. The summed E-state index contributed by atoms with van der Waals surface area (Å²) in [6, 6.07) is 0. The summed E-state index contributed by atoms with van der Waals surface area (Å²) in [6.07, 6.45) is 5.28. The Balaban J connectivity index is 2.39. The van der Waals surface area contributed by atoms with Crippen LogP contribution in [0.3, 0.4) is 0 Å². The van der Waals surface area contributed by atoms with Gasteiger partial charge in [0.15, 0.2) is 0 Å². The number of thiol groups is 1. The van der Waals surface area contributed by atoms with Crippen LogP contribution < -0.4 is 5.32 Å². The van der Waals surface area contributed by atoms with E-state index in [0.717, 1.165) is 36.7 Å². The van der Waals surface area contributed by atoms with E-state index in [-0.39, 0.29) is 0 Å². The van der Waals surface area contributed by atoms with Gasteiger partial charge in [0, 0.05) is 13.0 Å². The molecule has 0 aromatic carbocycles. The van der Waals surface area contributed by atoms with E-state index in [1.54, 1.807) is 0 Å². The normalized spacial score (nSPS) is 17.3. The van der Waals surface area contributed by atoms with Crippen LogP contribution in [0.1, 0.15) is 26.2 Å². The number of amidine groups is 1. The van der Waals surface area contributed by atoms with Crippen molar-refractivity contribution in [2.75, 3.05) is 6.54 Å². The molecule has 0 saturated heterocycles. The zero-order valence-corrected chi connectivity index (χ0v) is 7.69. The fourth-order valence-electron chi connectivity index (χ4n) is 0.975. The van der Waals surface area contributed by atoms with Crippen LogP contribution in [0.25, 0.3) is 0 Å². The van der Waals surface area contributed by atoms with Gasteiger partial charge in [-0.1, -0.05) is 13.0 Å². The number of aliphatic imine (C=N–C) groups is 1. The van der Waals surface area contributed by atoms with Gasteiger partial charge in [0.25, 0.3) is 0 Å². The molecule has 0 unspecified atom stereocenters. The molecule has 0 saturated carbocycles. The fourth-order valence-corrected chi connectivity index (χ4v) is 1.22. The highest BCUT2D eigenvalue weighted by atomic mass is 32.1. The van der Waals surface area contributed by atoms with Crippen LogP contribution in [-0.2, 0) is 0 Å². The number of nitrogens with one attached hydrogen (secondary N) is 1. The summed E-state index contributed by atoms with van der Waals surface area (Å²) in [6.45, 7) is 3.16. The Labute approximate surface area is 73.2 Å². The van der Waals surface area contributed by atoms with Gasteiger partial charge in [0.1, 0.15) is 5.84 Å². The molecular formula is C8H14N2S. The summed E-state index contributed by atoms with van der Waals surface area (Å²) in [5, 5.41) is 4.10. The van der Waals surface area contributed by atoms with Crippen molar-refractivity contribution >= 4 is 18.5 Å². The van der Waals surface area contributed by atoms with Crippen LogP contribution in [0.5, 0.6) is 0 Å². The second-order valence-corrected chi connectivity index (χ2v) is 3.04. The highest BCUT2D eigenvalue weighted by Gasteiger charge is 2.02. The lowest BCUT2D eigenvalue weighted by atomic mass is 10.2. The van der Waals surface area contributed by atoms with Crippen LogP contribution in [-0.4, -0.2) is 12.4 Å². The van der Waals surface area contributed by atoms with E-state index in [9.17, 15) is 0 Å². The molecule has 0 bridgehead atoms. The van der Waals surface area contributed by atoms with Gasteiger partial charge in [0.2, 0.25) is 0 Å². The molecule has 0 fully saturated rings. The van der Waals surface area contributed by atoms with Gasteiger partial charge in [0.05, 0.1) is 5.03 Å². The highest BCUT2D eigenvalue weighted by Crippen LogP contribution is 2.11. The Hall–Kier alpha value is -0.440. The second kappa shape index (κ2) is 4.44. The average Bonchev–Trinajstić information content (AvgIpc) is 2.01. The van der Waals surface area contributed by atoms with Gasteiger partial charge in [-0.05, 0) is 12.8 Å². The smallest absolute Gasteiger partial charge is 0.103 e. The number of rotatable bonds is 2. The minimum Gasteiger partial charge on any atom is -0.373 e. The van der Waals surface area contributed by atoms with Gasteiger partial charge in [-0.15, -0.1) is 12.6 Å². The van der Waals surface area contributed by atoms with Crippen LogP contribution in [0.4, 0.5) is 0 Å². The molecule has 11 heavy (non-hydrogen) atoms. The standard InChI is InChI=1S/C8H14N2S/c1-2-6-9-7-4-3-5-8(11)10-7/h5,11H,2-4,6H2,1H3,(H,9,10). The van der Waals surface area contributed by atoms with Crippen molar-refractivity contribution in [2.45, 2.75) is 26.2 Å². The number of hydrogen-bond acceptors (Lipinski definition) is 3. The van der Waals surface area contributed by atoms with Crippen LogP contribution in [0.15, 0.2) is 16.1 Å². The van der Waals surface area contributed by atoms with E-state index in [2.05, 4.69) is 29.9 Å². The van der Waals surface area contributed by atoms with Gasteiger partial charge < -0.3 is 5.32 Å². The molecule has 1 aliphatic heterocycles. The van der Waals surface area contributed by atoms with E-state index in [1.807, 2.05) is 6.08 Å².